The molecule has 1 aliphatic heterocycles. The van der Waals surface area contributed by atoms with Gasteiger partial charge < -0.3 is 15.3 Å². The summed E-state index contributed by atoms with van der Waals surface area (Å²) < 4.78 is 91.7. The molecule has 0 aromatic heterocycles. The van der Waals surface area contributed by atoms with Crippen LogP contribution >= 0.6 is 0 Å². The zero-order valence-electron chi connectivity index (χ0n) is 17.4. The van der Waals surface area contributed by atoms with Crippen LogP contribution in [0, 0.1) is 11.7 Å². The maximum absolute atomic E-state index is 13.3. The number of carbonyl (C=O) groups is 2. The van der Waals surface area contributed by atoms with Gasteiger partial charge in [0.2, 0.25) is 5.91 Å². The molecule has 1 fully saturated rings. The van der Waals surface area contributed by atoms with Crippen LogP contribution in [0.15, 0.2) is 42.5 Å². The van der Waals surface area contributed by atoms with E-state index in [1.807, 2.05) is 0 Å². The molecular formula is C22H19F7N2O3. The predicted octanol–water partition coefficient (Wildman–Crippen LogP) is 5.26. The SMILES string of the molecule is O=C(NCc1cc(C(F)(F)F)cc(C(F)(F)F)c1)[C@H]1CCN(C(=O)O)C[C@H]1c1ccc(F)cc1. The van der Waals surface area contributed by atoms with Crippen LogP contribution in [-0.2, 0) is 23.7 Å². The molecule has 5 nitrogen and oxygen atoms in total. The van der Waals surface area contributed by atoms with E-state index in [0.29, 0.717) is 17.7 Å². The predicted molar refractivity (Wildman–Crippen MR) is 105 cm³/mol. The molecule has 2 atom stereocenters. The Morgan fingerprint density at radius 1 is 0.971 bits per heavy atom. The number of benzene rings is 2. The summed E-state index contributed by atoms with van der Waals surface area (Å²) in [6.45, 7) is -0.672. The van der Waals surface area contributed by atoms with Gasteiger partial charge in [-0.2, -0.15) is 26.3 Å². The van der Waals surface area contributed by atoms with Gasteiger partial charge in [-0.1, -0.05) is 12.1 Å². The number of hydrogen-bond donors (Lipinski definition) is 2. The first kappa shape index (κ1) is 25.3. The Labute approximate surface area is 189 Å². The summed E-state index contributed by atoms with van der Waals surface area (Å²) in [7, 11) is 0. The molecule has 184 valence electrons. The van der Waals surface area contributed by atoms with E-state index in [4.69, 9.17) is 0 Å². The maximum atomic E-state index is 13.3. The fourth-order valence-electron chi connectivity index (χ4n) is 3.93. The number of halogens is 7. The zero-order valence-corrected chi connectivity index (χ0v) is 17.4. The summed E-state index contributed by atoms with van der Waals surface area (Å²) in [5, 5.41) is 11.7. The third-order valence-electron chi connectivity index (χ3n) is 5.63. The van der Waals surface area contributed by atoms with Crippen molar-refractivity contribution < 1.29 is 45.4 Å². The molecule has 2 amide bonds. The first-order chi connectivity index (χ1) is 15.8. The van der Waals surface area contributed by atoms with Gasteiger partial charge >= 0.3 is 18.4 Å². The molecule has 0 spiro atoms. The number of carbonyl (C=O) groups excluding carboxylic acids is 1. The van der Waals surface area contributed by atoms with Crippen molar-refractivity contribution in [3.63, 3.8) is 0 Å². The van der Waals surface area contributed by atoms with Crippen molar-refractivity contribution >= 4 is 12.0 Å². The third-order valence-corrected chi connectivity index (χ3v) is 5.63. The molecule has 2 aromatic carbocycles. The number of nitrogens with zero attached hydrogens (tertiary/aromatic N) is 1. The standard InChI is InChI=1S/C22H19F7N2O3/c23-16-3-1-13(2-4-16)18-11-31(20(33)34)6-5-17(18)19(32)30-10-12-7-14(21(24,25)26)9-15(8-12)22(27,28)29/h1-4,7-9,17-18H,5-6,10-11H2,(H,30,32)(H,33,34)/t17-,18-/m0/s1. The average molecular weight is 492 g/mol. The van der Waals surface area contributed by atoms with Crippen LogP contribution < -0.4 is 5.32 Å². The Bertz CT molecular complexity index is 1020. The van der Waals surface area contributed by atoms with Crippen molar-refractivity contribution in [3.8, 4) is 0 Å². The van der Waals surface area contributed by atoms with Crippen LogP contribution in [0.3, 0.4) is 0 Å². The highest BCUT2D eigenvalue weighted by Gasteiger charge is 2.38. The minimum atomic E-state index is -5.02. The van der Waals surface area contributed by atoms with Crippen LogP contribution in [0.5, 0.6) is 0 Å². The van der Waals surface area contributed by atoms with E-state index in [0.717, 1.165) is 17.0 Å². The topological polar surface area (TPSA) is 69.6 Å². The van der Waals surface area contributed by atoms with Crippen molar-refractivity contribution in [1.29, 1.82) is 0 Å². The quantitative estimate of drug-likeness (QED) is 0.572. The maximum Gasteiger partial charge on any atom is 0.416 e. The van der Waals surface area contributed by atoms with E-state index < -0.39 is 65.2 Å². The second kappa shape index (κ2) is 9.51. The summed E-state index contributed by atoms with van der Waals surface area (Å²) in [6.07, 6.45) is -11.2. The van der Waals surface area contributed by atoms with E-state index in [9.17, 15) is 45.4 Å². The van der Waals surface area contributed by atoms with Crippen molar-refractivity contribution in [2.75, 3.05) is 13.1 Å². The fraction of sp³-hybridized carbons (Fsp3) is 0.364. The Morgan fingerprint density at radius 3 is 2.03 bits per heavy atom. The van der Waals surface area contributed by atoms with Gasteiger partial charge in [-0.25, -0.2) is 9.18 Å². The van der Waals surface area contributed by atoms with Gasteiger partial charge in [-0.15, -0.1) is 0 Å². The van der Waals surface area contributed by atoms with Gasteiger partial charge in [0, 0.05) is 31.5 Å². The van der Waals surface area contributed by atoms with E-state index in [1.54, 1.807) is 0 Å². The van der Waals surface area contributed by atoms with Crippen LogP contribution in [0.25, 0.3) is 0 Å². The first-order valence-electron chi connectivity index (χ1n) is 10.0. The molecule has 3 rings (SSSR count). The highest BCUT2D eigenvalue weighted by molar-refractivity contribution is 5.80. The largest absolute Gasteiger partial charge is 0.465 e. The van der Waals surface area contributed by atoms with E-state index >= 15 is 0 Å². The Kier molecular flexibility index (Phi) is 7.08. The number of likely N-dealkylation sites (tertiary alicyclic amines) is 1. The summed E-state index contributed by atoms with van der Waals surface area (Å²) in [6, 6.07) is 6.14. The number of alkyl halides is 6. The summed E-state index contributed by atoms with van der Waals surface area (Å²) in [5.41, 5.74) is -2.90. The number of carboxylic acid groups (broad SMARTS) is 1. The van der Waals surface area contributed by atoms with E-state index in [-0.39, 0.29) is 25.6 Å². The number of hydrogen-bond acceptors (Lipinski definition) is 2. The van der Waals surface area contributed by atoms with Crippen LogP contribution in [0.1, 0.15) is 34.6 Å². The second-order valence-corrected chi connectivity index (χ2v) is 7.91. The molecule has 12 heteroatoms. The number of rotatable bonds is 4. The van der Waals surface area contributed by atoms with Crippen LogP contribution in [0.4, 0.5) is 35.5 Å². The summed E-state index contributed by atoms with van der Waals surface area (Å²) in [5.74, 6) is -2.71. The first-order valence-corrected chi connectivity index (χ1v) is 10.0. The molecule has 34 heavy (non-hydrogen) atoms. The lowest BCUT2D eigenvalue weighted by molar-refractivity contribution is -0.143. The Balaban J connectivity index is 1.82. The molecule has 0 aliphatic carbocycles. The fourth-order valence-corrected chi connectivity index (χ4v) is 3.93. The number of piperidine rings is 1. The molecule has 0 saturated carbocycles. The Morgan fingerprint density at radius 2 is 1.53 bits per heavy atom. The van der Waals surface area contributed by atoms with Gasteiger partial charge in [0.1, 0.15) is 5.82 Å². The monoisotopic (exact) mass is 492 g/mol. The highest BCUT2D eigenvalue weighted by Crippen LogP contribution is 2.37. The van der Waals surface area contributed by atoms with Crippen molar-refractivity contribution in [2.45, 2.75) is 31.2 Å². The Hall–Kier alpha value is -3.31. The highest BCUT2D eigenvalue weighted by atomic mass is 19.4. The molecule has 0 bridgehead atoms. The van der Waals surface area contributed by atoms with E-state index in [1.165, 1.54) is 12.1 Å². The van der Waals surface area contributed by atoms with Crippen LogP contribution in [0.2, 0.25) is 0 Å². The van der Waals surface area contributed by atoms with E-state index in [2.05, 4.69) is 5.32 Å². The molecular weight excluding hydrogens is 473 g/mol. The average Bonchev–Trinajstić information content (AvgIpc) is 2.76. The second-order valence-electron chi connectivity index (χ2n) is 7.91. The zero-order chi connectivity index (χ0) is 25.3. The summed E-state index contributed by atoms with van der Waals surface area (Å²) >= 11 is 0. The van der Waals surface area contributed by atoms with Gasteiger partial charge in [-0.3, -0.25) is 4.79 Å². The lowest BCUT2D eigenvalue weighted by atomic mass is 9.80. The number of amides is 2. The molecule has 0 unspecified atom stereocenters. The minimum absolute atomic E-state index is 0.00247. The van der Waals surface area contributed by atoms with Crippen molar-refractivity contribution in [3.05, 3.63) is 70.5 Å². The molecule has 2 N–H and O–H groups in total. The smallest absolute Gasteiger partial charge is 0.416 e. The minimum Gasteiger partial charge on any atom is -0.465 e. The molecule has 0 radical (unpaired) electrons. The van der Waals surface area contributed by atoms with Crippen molar-refractivity contribution in [2.24, 2.45) is 5.92 Å². The lowest BCUT2D eigenvalue weighted by Gasteiger charge is -2.36. The van der Waals surface area contributed by atoms with Gasteiger partial charge in [0.05, 0.1) is 11.1 Å². The lowest BCUT2D eigenvalue weighted by Crippen LogP contribution is -2.47. The number of nitrogens with one attached hydrogen (secondary N) is 1. The summed E-state index contributed by atoms with van der Waals surface area (Å²) in [4.78, 5) is 25.3. The molecule has 2 aromatic rings. The molecule has 1 aliphatic rings. The van der Waals surface area contributed by atoms with Crippen LogP contribution in [-0.4, -0.2) is 35.1 Å². The van der Waals surface area contributed by atoms with Gasteiger partial charge in [-0.05, 0) is 47.9 Å². The van der Waals surface area contributed by atoms with Gasteiger partial charge in [0.15, 0.2) is 0 Å². The van der Waals surface area contributed by atoms with Gasteiger partial charge in [0.25, 0.3) is 0 Å². The normalized spacial score (nSPS) is 19.1. The third kappa shape index (κ3) is 5.97. The molecule has 1 heterocycles. The van der Waals surface area contributed by atoms with Crippen molar-refractivity contribution in [1.82, 2.24) is 10.2 Å². The molecule has 1 saturated heterocycles.